The van der Waals surface area contributed by atoms with Gasteiger partial charge < -0.3 is 19.3 Å². The SMILES string of the molecule is CCCCC/C=C/C/C=C/C/C=C/C/C=C/C/C=C/CCC(=O)OC[C@H](COP(=O)(O)O)OC(=O)CCC/C=C/C/C=C/CCCCCCCCCCC. The molecule has 0 aromatic rings. The van der Waals surface area contributed by atoms with Crippen molar-refractivity contribution in [3.63, 3.8) is 0 Å². The third kappa shape index (κ3) is 42.0. The molecule has 0 aliphatic heterocycles. The first kappa shape index (κ1) is 51.2. The molecule has 54 heavy (non-hydrogen) atoms. The number of carbonyl (C=O) groups is 2. The van der Waals surface area contributed by atoms with E-state index >= 15 is 0 Å². The maximum atomic E-state index is 12.4. The molecule has 0 rings (SSSR count). The Hall–Kier alpha value is -2.77. The van der Waals surface area contributed by atoms with Crippen molar-refractivity contribution in [3.8, 4) is 0 Å². The fourth-order valence-corrected chi connectivity index (χ4v) is 5.64. The zero-order valence-electron chi connectivity index (χ0n) is 33.8. The van der Waals surface area contributed by atoms with Gasteiger partial charge in [0.15, 0.2) is 6.10 Å². The average molecular weight is 775 g/mol. The van der Waals surface area contributed by atoms with E-state index in [4.69, 9.17) is 19.3 Å². The van der Waals surface area contributed by atoms with E-state index in [1.807, 2.05) is 18.2 Å². The van der Waals surface area contributed by atoms with Gasteiger partial charge in [-0.15, -0.1) is 0 Å². The number of ether oxygens (including phenoxy) is 2. The van der Waals surface area contributed by atoms with Crippen LogP contribution in [0.15, 0.2) is 85.1 Å². The number of phosphoric acid groups is 1. The molecule has 9 heteroatoms. The Morgan fingerprint density at radius 2 is 0.870 bits per heavy atom. The summed E-state index contributed by atoms with van der Waals surface area (Å²) in [5.41, 5.74) is 0. The summed E-state index contributed by atoms with van der Waals surface area (Å²) in [5, 5.41) is 0. The Kier molecular flexibility index (Phi) is 37.9. The first-order valence-corrected chi connectivity index (χ1v) is 22.4. The quantitative estimate of drug-likeness (QED) is 0.0277. The Bertz CT molecular complexity index is 1140. The number of phosphoric ester groups is 1. The van der Waals surface area contributed by atoms with Gasteiger partial charge in [-0.1, -0.05) is 163 Å². The smallest absolute Gasteiger partial charge is 0.462 e. The molecule has 0 amide bonds. The molecule has 0 spiro atoms. The van der Waals surface area contributed by atoms with Crippen LogP contribution in [-0.4, -0.2) is 41.0 Å². The van der Waals surface area contributed by atoms with Crippen LogP contribution in [-0.2, 0) is 28.2 Å². The highest BCUT2D eigenvalue weighted by Gasteiger charge is 2.22. The van der Waals surface area contributed by atoms with Crippen LogP contribution >= 0.6 is 7.82 Å². The van der Waals surface area contributed by atoms with Crippen LogP contribution in [0.1, 0.15) is 168 Å². The Morgan fingerprint density at radius 3 is 1.35 bits per heavy atom. The Balaban J connectivity index is 4.13. The van der Waals surface area contributed by atoms with Crippen molar-refractivity contribution in [1.82, 2.24) is 0 Å². The van der Waals surface area contributed by atoms with E-state index in [2.05, 4.69) is 85.2 Å². The van der Waals surface area contributed by atoms with E-state index in [0.29, 0.717) is 19.3 Å². The highest BCUT2D eigenvalue weighted by molar-refractivity contribution is 7.46. The molecule has 0 saturated carbocycles. The van der Waals surface area contributed by atoms with E-state index in [-0.39, 0.29) is 19.4 Å². The molecule has 2 N–H and O–H groups in total. The summed E-state index contributed by atoms with van der Waals surface area (Å²) in [6.45, 7) is 3.55. The fourth-order valence-electron chi connectivity index (χ4n) is 5.28. The van der Waals surface area contributed by atoms with E-state index in [0.717, 1.165) is 38.5 Å². The largest absolute Gasteiger partial charge is 0.469 e. The van der Waals surface area contributed by atoms with Gasteiger partial charge in [0, 0.05) is 12.8 Å². The van der Waals surface area contributed by atoms with Crippen LogP contribution in [0.3, 0.4) is 0 Å². The van der Waals surface area contributed by atoms with Gasteiger partial charge in [-0.2, -0.15) is 0 Å². The fraction of sp³-hybridized carbons (Fsp3) is 0.644. The second-order valence-corrected chi connectivity index (χ2v) is 14.8. The van der Waals surface area contributed by atoms with Crippen molar-refractivity contribution >= 4 is 19.8 Å². The molecular formula is C45H75O8P. The lowest BCUT2D eigenvalue weighted by Crippen LogP contribution is -2.29. The van der Waals surface area contributed by atoms with Crippen molar-refractivity contribution < 1.29 is 37.9 Å². The second kappa shape index (κ2) is 39.9. The first-order valence-electron chi connectivity index (χ1n) is 20.9. The minimum Gasteiger partial charge on any atom is -0.462 e. The molecule has 0 aliphatic carbocycles. The normalized spacial score (nSPS) is 13.3. The van der Waals surface area contributed by atoms with Crippen LogP contribution in [0.5, 0.6) is 0 Å². The number of unbranched alkanes of at least 4 members (excludes halogenated alkanes) is 13. The monoisotopic (exact) mass is 775 g/mol. The number of carbonyl (C=O) groups excluding carboxylic acids is 2. The molecule has 0 fully saturated rings. The summed E-state index contributed by atoms with van der Waals surface area (Å²) in [4.78, 5) is 42.8. The van der Waals surface area contributed by atoms with Crippen molar-refractivity contribution in [2.24, 2.45) is 0 Å². The first-order chi connectivity index (χ1) is 26.3. The van der Waals surface area contributed by atoms with E-state index in [9.17, 15) is 14.2 Å². The van der Waals surface area contributed by atoms with E-state index in [1.54, 1.807) is 0 Å². The highest BCUT2D eigenvalue weighted by atomic mass is 31.2. The van der Waals surface area contributed by atoms with Crippen LogP contribution < -0.4 is 0 Å². The number of hydrogen-bond donors (Lipinski definition) is 2. The Labute approximate surface area is 329 Å². The predicted octanol–water partition coefficient (Wildman–Crippen LogP) is 12.8. The maximum Gasteiger partial charge on any atom is 0.469 e. The molecule has 8 nitrogen and oxygen atoms in total. The maximum absolute atomic E-state index is 12.4. The molecule has 0 radical (unpaired) electrons. The molecule has 0 bridgehead atoms. The molecule has 0 aliphatic rings. The molecule has 0 aromatic carbocycles. The zero-order valence-corrected chi connectivity index (χ0v) is 34.7. The van der Waals surface area contributed by atoms with Crippen LogP contribution in [0.2, 0.25) is 0 Å². The lowest BCUT2D eigenvalue weighted by atomic mass is 10.1. The van der Waals surface area contributed by atoms with Gasteiger partial charge in [-0.05, 0) is 77.0 Å². The van der Waals surface area contributed by atoms with Gasteiger partial charge >= 0.3 is 19.8 Å². The number of allylic oxidation sites excluding steroid dienone is 14. The van der Waals surface area contributed by atoms with Crippen LogP contribution in [0.25, 0.3) is 0 Å². The summed E-state index contributed by atoms with van der Waals surface area (Å²) in [6.07, 6.45) is 53.2. The van der Waals surface area contributed by atoms with Gasteiger partial charge in [-0.3, -0.25) is 14.1 Å². The van der Waals surface area contributed by atoms with Crippen LogP contribution in [0.4, 0.5) is 0 Å². The van der Waals surface area contributed by atoms with Crippen LogP contribution in [0, 0.1) is 0 Å². The number of rotatable bonds is 37. The van der Waals surface area contributed by atoms with Gasteiger partial charge in [0.2, 0.25) is 0 Å². The van der Waals surface area contributed by atoms with Gasteiger partial charge in [0.1, 0.15) is 6.61 Å². The lowest BCUT2D eigenvalue weighted by molar-refractivity contribution is -0.161. The average Bonchev–Trinajstić information content (AvgIpc) is 3.14. The summed E-state index contributed by atoms with van der Waals surface area (Å²) in [6, 6.07) is 0. The lowest BCUT2D eigenvalue weighted by Gasteiger charge is -2.18. The van der Waals surface area contributed by atoms with E-state index in [1.165, 1.54) is 83.5 Å². The number of hydrogen-bond acceptors (Lipinski definition) is 6. The molecular weight excluding hydrogens is 699 g/mol. The van der Waals surface area contributed by atoms with Crippen molar-refractivity contribution in [1.29, 1.82) is 0 Å². The van der Waals surface area contributed by atoms with E-state index < -0.39 is 32.5 Å². The zero-order chi connectivity index (χ0) is 39.6. The topological polar surface area (TPSA) is 119 Å². The molecule has 0 unspecified atom stereocenters. The molecule has 0 saturated heterocycles. The molecule has 1 atom stereocenters. The summed E-state index contributed by atoms with van der Waals surface area (Å²) >= 11 is 0. The minimum absolute atomic E-state index is 0.128. The Morgan fingerprint density at radius 1 is 0.481 bits per heavy atom. The summed E-state index contributed by atoms with van der Waals surface area (Å²) < 4.78 is 26.2. The van der Waals surface area contributed by atoms with Crippen molar-refractivity contribution in [2.75, 3.05) is 13.2 Å². The summed E-state index contributed by atoms with van der Waals surface area (Å²) in [7, 11) is -4.79. The molecule has 0 aromatic heterocycles. The molecule has 308 valence electrons. The third-order valence-electron chi connectivity index (χ3n) is 8.40. The van der Waals surface area contributed by atoms with Gasteiger partial charge in [0.25, 0.3) is 0 Å². The second-order valence-electron chi connectivity index (χ2n) is 13.6. The van der Waals surface area contributed by atoms with Gasteiger partial charge in [-0.25, -0.2) is 4.57 Å². The van der Waals surface area contributed by atoms with Crippen molar-refractivity contribution in [2.45, 2.75) is 174 Å². The minimum atomic E-state index is -4.79. The molecule has 0 heterocycles. The van der Waals surface area contributed by atoms with Crippen molar-refractivity contribution in [3.05, 3.63) is 85.1 Å². The third-order valence-corrected chi connectivity index (χ3v) is 8.89. The van der Waals surface area contributed by atoms with Gasteiger partial charge in [0.05, 0.1) is 6.61 Å². The predicted molar refractivity (Wildman–Crippen MR) is 225 cm³/mol. The summed E-state index contributed by atoms with van der Waals surface area (Å²) in [5.74, 6) is -1.04. The number of esters is 2. The highest BCUT2D eigenvalue weighted by Crippen LogP contribution is 2.36. The standard InChI is InChI=1S/C45H75O8P/c1-3-5-7-9-11-13-15-17-19-21-22-24-25-27-29-31-33-35-37-39-44(46)51-41-43(42-52-54(48,49)50)53-45(47)40-38-36-34-32-30-28-26-23-20-18-16-14-12-10-8-6-4-2/h11,13,17,19,22,24,26-29,32-35,43H,3-10,12,14-16,18,20-21,23,25,30-31,36-42H2,1-2H3,(H2,48,49,50)/b13-11+,19-17+,24-22+,28-26+,29-27+,34-32+,35-33+/t43-/m1/s1.